The second-order valence-electron chi connectivity index (χ2n) is 3.05. The number of nitrogens with zero attached hydrogens (tertiary/aromatic N) is 1. The van der Waals surface area contributed by atoms with E-state index >= 15 is 0 Å². The van der Waals surface area contributed by atoms with Gasteiger partial charge in [-0.3, -0.25) is 0 Å². The number of rotatable bonds is 3. The number of methoxy groups -OCH3 is 2. The van der Waals surface area contributed by atoms with Crippen LogP contribution in [0.5, 0.6) is 5.75 Å². The summed E-state index contributed by atoms with van der Waals surface area (Å²) in [5.41, 5.74) is -0.189. The molecule has 0 saturated carbocycles. The quantitative estimate of drug-likeness (QED) is 0.456. The van der Waals surface area contributed by atoms with Gasteiger partial charge in [0.1, 0.15) is 23.2 Å². The van der Waals surface area contributed by atoms with Crippen LogP contribution in [-0.4, -0.2) is 20.2 Å². The van der Waals surface area contributed by atoms with Crippen LogP contribution in [0.2, 0.25) is 0 Å². The molecule has 0 unspecified atom stereocenters. The van der Waals surface area contributed by atoms with E-state index in [1.54, 1.807) is 6.07 Å². The average Bonchev–Trinajstić information content (AvgIpc) is 2.36. The fraction of sp³-hybridized carbons (Fsp3) is 0.167. The molecule has 0 amide bonds. The van der Waals surface area contributed by atoms with Gasteiger partial charge < -0.3 is 9.47 Å². The molecule has 1 aromatic carbocycles. The van der Waals surface area contributed by atoms with Crippen molar-refractivity contribution in [3.63, 3.8) is 0 Å². The second kappa shape index (κ2) is 5.66. The topological polar surface area (TPSA) is 59.3 Å². The molecule has 5 heteroatoms. The molecule has 0 spiro atoms. The first kappa shape index (κ1) is 12.7. The van der Waals surface area contributed by atoms with Gasteiger partial charge in [-0.25, -0.2) is 9.18 Å². The van der Waals surface area contributed by atoms with E-state index in [9.17, 15) is 9.18 Å². The molecule has 0 saturated heterocycles. The third kappa shape index (κ3) is 3.05. The largest absolute Gasteiger partial charge is 0.497 e. The number of esters is 1. The molecule has 88 valence electrons. The molecular formula is C12H10FNO3. The summed E-state index contributed by atoms with van der Waals surface area (Å²) in [4.78, 5) is 11.1. The molecule has 4 nitrogen and oxygen atoms in total. The number of nitriles is 1. The number of hydrogen-bond donors (Lipinski definition) is 0. The van der Waals surface area contributed by atoms with Crippen LogP contribution in [0.15, 0.2) is 23.8 Å². The molecule has 0 bridgehead atoms. The highest BCUT2D eigenvalue weighted by molar-refractivity contribution is 5.97. The van der Waals surface area contributed by atoms with Gasteiger partial charge >= 0.3 is 5.97 Å². The molecule has 0 aliphatic heterocycles. The fourth-order valence-corrected chi connectivity index (χ4v) is 1.16. The zero-order chi connectivity index (χ0) is 12.8. The number of hydrogen-bond acceptors (Lipinski definition) is 4. The lowest BCUT2D eigenvalue weighted by Gasteiger charge is -2.03. The molecular weight excluding hydrogens is 225 g/mol. The van der Waals surface area contributed by atoms with Crippen molar-refractivity contribution < 1.29 is 18.7 Å². The summed E-state index contributed by atoms with van der Waals surface area (Å²) in [7, 11) is 2.59. The Kier molecular flexibility index (Phi) is 4.23. The first-order valence-electron chi connectivity index (χ1n) is 4.66. The van der Waals surface area contributed by atoms with Crippen LogP contribution in [0, 0.1) is 17.1 Å². The number of carbonyl (C=O) groups is 1. The molecule has 17 heavy (non-hydrogen) atoms. The Balaban J connectivity index is 3.20. The standard InChI is InChI=1S/C12H10FNO3/c1-16-10-3-4-11(13)8(6-10)5-9(7-14)12(15)17-2/h3-6H,1-2H3/b9-5+. The van der Waals surface area contributed by atoms with Gasteiger partial charge in [-0.15, -0.1) is 0 Å². The number of ether oxygens (including phenoxy) is 2. The minimum absolute atomic E-state index is 0.0892. The van der Waals surface area contributed by atoms with E-state index in [-0.39, 0.29) is 11.1 Å². The first-order chi connectivity index (χ1) is 8.12. The predicted molar refractivity (Wildman–Crippen MR) is 58.6 cm³/mol. The highest BCUT2D eigenvalue weighted by Crippen LogP contribution is 2.19. The van der Waals surface area contributed by atoms with Crippen LogP contribution in [0.25, 0.3) is 6.08 Å². The van der Waals surface area contributed by atoms with E-state index < -0.39 is 11.8 Å². The predicted octanol–water partition coefficient (Wildman–Crippen LogP) is 1.91. The van der Waals surface area contributed by atoms with Crippen molar-refractivity contribution in [3.05, 3.63) is 35.2 Å². The zero-order valence-electron chi connectivity index (χ0n) is 9.36. The van der Waals surface area contributed by atoms with Crippen molar-refractivity contribution in [1.82, 2.24) is 0 Å². The van der Waals surface area contributed by atoms with Gasteiger partial charge in [0.2, 0.25) is 0 Å². The monoisotopic (exact) mass is 235 g/mol. The van der Waals surface area contributed by atoms with Crippen LogP contribution < -0.4 is 4.74 Å². The maximum atomic E-state index is 13.4. The van der Waals surface area contributed by atoms with Crippen molar-refractivity contribution in [2.24, 2.45) is 0 Å². The first-order valence-corrected chi connectivity index (χ1v) is 4.66. The summed E-state index contributed by atoms with van der Waals surface area (Å²) in [6.07, 6.45) is 1.11. The maximum absolute atomic E-state index is 13.4. The molecule has 1 aromatic rings. The zero-order valence-corrected chi connectivity index (χ0v) is 9.36. The molecule has 0 aliphatic rings. The number of halogens is 1. The highest BCUT2D eigenvalue weighted by Gasteiger charge is 2.10. The van der Waals surface area contributed by atoms with Crippen LogP contribution >= 0.6 is 0 Å². The molecule has 0 N–H and O–H groups in total. The average molecular weight is 235 g/mol. The van der Waals surface area contributed by atoms with Crippen molar-refractivity contribution in [3.8, 4) is 11.8 Å². The number of carbonyl (C=O) groups excluding carboxylic acids is 1. The normalized spacial score (nSPS) is 10.6. The second-order valence-corrected chi connectivity index (χ2v) is 3.05. The summed E-state index contributed by atoms with van der Waals surface area (Å²) in [5, 5.41) is 8.73. The van der Waals surface area contributed by atoms with Crippen LogP contribution in [0.1, 0.15) is 5.56 Å². The Hall–Kier alpha value is -2.35. The third-order valence-corrected chi connectivity index (χ3v) is 2.03. The summed E-state index contributed by atoms with van der Waals surface area (Å²) >= 11 is 0. The van der Waals surface area contributed by atoms with Gasteiger partial charge in [0.05, 0.1) is 14.2 Å². The van der Waals surface area contributed by atoms with E-state index in [2.05, 4.69) is 4.74 Å². The van der Waals surface area contributed by atoms with Gasteiger partial charge in [-0.2, -0.15) is 5.26 Å². The molecule has 0 radical (unpaired) electrons. The molecule has 0 aromatic heterocycles. The third-order valence-electron chi connectivity index (χ3n) is 2.03. The van der Waals surface area contributed by atoms with E-state index in [0.29, 0.717) is 5.75 Å². The summed E-state index contributed by atoms with van der Waals surface area (Å²) in [6, 6.07) is 5.66. The Morgan fingerprint density at radius 3 is 2.71 bits per heavy atom. The Labute approximate surface area is 97.9 Å². The van der Waals surface area contributed by atoms with Gasteiger partial charge in [0.25, 0.3) is 0 Å². The Morgan fingerprint density at radius 1 is 1.47 bits per heavy atom. The van der Waals surface area contributed by atoms with Crippen LogP contribution in [-0.2, 0) is 9.53 Å². The van der Waals surface area contributed by atoms with E-state index in [1.807, 2.05) is 0 Å². The Morgan fingerprint density at radius 2 is 2.18 bits per heavy atom. The molecule has 0 heterocycles. The van der Waals surface area contributed by atoms with Crippen LogP contribution in [0.4, 0.5) is 4.39 Å². The molecule has 0 aliphatic carbocycles. The Bertz CT molecular complexity index is 503. The SMILES string of the molecule is COC(=O)/C(C#N)=C/c1cc(OC)ccc1F. The van der Waals surface area contributed by atoms with Gasteiger partial charge in [-0.05, 0) is 24.3 Å². The highest BCUT2D eigenvalue weighted by atomic mass is 19.1. The fourth-order valence-electron chi connectivity index (χ4n) is 1.16. The van der Waals surface area contributed by atoms with Crippen molar-refractivity contribution >= 4 is 12.0 Å². The van der Waals surface area contributed by atoms with Gasteiger partial charge in [0, 0.05) is 5.56 Å². The van der Waals surface area contributed by atoms with Gasteiger partial charge in [0.15, 0.2) is 0 Å². The molecule has 0 atom stereocenters. The summed E-state index contributed by atoms with van der Waals surface area (Å²) in [6.45, 7) is 0. The summed E-state index contributed by atoms with van der Waals surface area (Å²) < 4.78 is 22.7. The lowest BCUT2D eigenvalue weighted by atomic mass is 10.1. The maximum Gasteiger partial charge on any atom is 0.348 e. The lowest BCUT2D eigenvalue weighted by molar-refractivity contribution is -0.135. The van der Waals surface area contributed by atoms with E-state index in [4.69, 9.17) is 10.00 Å². The molecule has 1 rings (SSSR count). The van der Waals surface area contributed by atoms with Crippen molar-refractivity contribution in [2.45, 2.75) is 0 Å². The van der Waals surface area contributed by atoms with E-state index in [1.165, 1.54) is 25.3 Å². The minimum atomic E-state index is -0.810. The lowest BCUT2D eigenvalue weighted by Crippen LogP contribution is -2.03. The minimum Gasteiger partial charge on any atom is -0.497 e. The van der Waals surface area contributed by atoms with Crippen LogP contribution in [0.3, 0.4) is 0 Å². The van der Waals surface area contributed by atoms with E-state index in [0.717, 1.165) is 13.2 Å². The molecule has 0 fully saturated rings. The van der Waals surface area contributed by atoms with Crippen molar-refractivity contribution in [2.75, 3.05) is 14.2 Å². The smallest absolute Gasteiger partial charge is 0.348 e. The van der Waals surface area contributed by atoms with Gasteiger partial charge in [-0.1, -0.05) is 0 Å². The summed E-state index contributed by atoms with van der Waals surface area (Å²) in [5.74, 6) is -0.933. The van der Waals surface area contributed by atoms with Crippen molar-refractivity contribution in [1.29, 1.82) is 5.26 Å². The number of benzene rings is 1.